The van der Waals surface area contributed by atoms with Gasteiger partial charge in [0.05, 0.1) is 13.2 Å². The molecular weight excluding hydrogens is 316 g/mol. The molecule has 2 nitrogen and oxygen atoms in total. The number of rotatable bonds is 5. The van der Waals surface area contributed by atoms with E-state index in [0.29, 0.717) is 6.42 Å². The SMILES string of the molecule is Cc1cccc(C(CO)(CO)Cc2ccccc2Br)c1. The fraction of sp³-hybridized carbons (Fsp3) is 0.294. The van der Waals surface area contributed by atoms with E-state index >= 15 is 0 Å². The molecule has 0 heterocycles. The number of aryl methyl sites for hydroxylation is 1. The minimum Gasteiger partial charge on any atom is -0.395 e. The van der Waals surface area contributed by atoms with Crippen molar-refractivity contribution in [1.29, 1.82) is 0 Å². The second-order valence-corrected chi connectivity index (χ2v) is 6.09. The van der Waals surface area contributed by atoms with E-state index in [-0.39, 0.29) is 13.2 Å². The van der Waals surface area contributed by atoms with Crippen LogP contribution in [0.4, 0.5) is 0 Å². The molecule has 0 radical (unpaired) electrons. The summed E-state index contributed by atoms with van der Waals surface area (Å²) >= 11 is 3.53. The minimum atomic E-state index is -0.657. The zero-order valence-corrected chi connectivity index (χ0v) is 13.1. The van der Waals surface area contributed by atoms with Gasteiger partial charge in [0, 0.05) is 9.89 Å². The molecule has 2 aromatic carbocycles. The number of aliphatic hydroxyl groups is 2. The Bertz CT molecular complexity index is 577. The van der Waals surface area contributed by atoms with Crippen LogP contribution >= 0.6 is 15.9 Å². The van der Waals surface area contributed by atoms with Crippen LogP contribution in [-0.4, -0.2) is 23.4 Å². The van der Waals surface area contributed by atoms with Crippen molar-refractivity contribution in [1.82, 2.24) is 0 Å². The molecule has 0 aromatic heterocycles. The quantitative estimate of drug-likeness (QED) is 0.881. The molecule has 0 saturated heterocycles. The molecule has 0 bridgehead atoms. The molecule has 0 saturated carbocycles. The number of hydrogen-bond donors (Lipinski definition) is 2. The van der Waals surface area contributed by atoms with Crippen LogP contribution in [0.5, 0.6) is 0 Å². The lowest BCUT2D eigenvalue weighted by molar-refractivity contribution is 0.116. The first-order valence-electron chi connectivity index (χ1n) is 6.63. The van der Waals surface area contributed by atoms with E-state index in [2.05, 4.69) is 15.9 Å². The van der Waals surface area contributed by atoms with Crippen LogP contribution in [-0.2, 0) is 11.8 Å². The molecule has 0 aliphatic rings. The molecule has 2 rings (SSSR count). The second-order valence-electron chi connectivity index (χ2n) is 5.23. The first kappa shape index (κ1) is 15.2. The van der Waals surface area contributed by atoms with E-state index in [1.54, 1.807) is 0 Å². The van der Waals surface area contributed by atoms with Gasteiger partial charge in [-0.15, -0.1) is 0 Å². The highest BCUT2D eigenvalue weighted by Gasteiger charge is 2.32. The van der Waals surface area contributed by atoms with Crippen LogP contribution in [0.25, 0.3) is 0 Å². The van der Waals surface area contributed by atoms with E-state index in [1.165, 1.54) is 0 Å². The normalized spacial score (nSPS) is 11.6. The Balaban J connectivity index is 2.42. The van der Waals surface area contributed by atoms with Gasteiger partial charge in [-0.05, 0) is 30.5 Å². The molecule has 0 atom stereocenters. The van der Waals surface area contributed by atoms with Crippen LogP contribution in [0, 0.1) is 6.92 Å². The number of hydrogen-bond acceptors (Lipinski definition) is 2. The molecule has 0 unspecified atom stereocenters. The van der Waals surface area contributed by atoms with E-state index in [4.69, 9.17) is 0 Å². The largest absolute Gasteiger partial charge is 0.395 e. The third-order valence-electron chi connectivity index (χ3n) is 3.72. The van der Waals surface area contributed by atoms with Gasteiger partial charge in [0.2, 0.25) is 0 Å². The minimum absolute atomic E-state index is 0.0890. The molecule has 2 N–H and O–H groups in total. The number of halogens is 1. The highest BCUT2D eigenvalue weighted by Crippen LogP contribution is 2.31. The zero-order chi connectivity index (χ0) is 14.6. The molecule has 0 spiro atoms. The maximum Gasteiger partial charge on any atom is 0.0553 e. The van der Waals surface area contributed by atoms with Crippen molar-refractivity contribution in [2.75, 3.05) is 13.2 Å². The van der Waals surface area contributed by atoms with Crippen LogP contribution in [0.15, 0.2) is 53.0 Å². The second kappa shape index (κ2) is 6.53. The molecule has 0 fully saturated rings. The lowest BCUT2D eigenvalue weighted by atomic mass is 9.76. The summed E-state index contributed by atoms with van der Waals surface area (Å²) in [6.45, 7) is 1.84. The highest BCUT2D eigenvalue weighted by molar-refractivity contribution is 9.10. The predicted molar refractivity (Wildman–Crippen MR) is 84.9 cm³/mol. The molecule has 20 heavy (non-hydrogen) atoms. The van der Waals surface area contributed by atoms with Crippen LogP contribution in [0.1, 0.15) is 16.7 Å². The lowest BCUT2D eigenvalue weighted by Crippen LogP contribution is -2.37. The van der Waals surface area contributed by atoms with Crippen LogP contribution in [0.3, 0.4) is 0 Å². The van der Waals surface area contributed by atoms with Gasteiger partial charge in [-0.3, -0.25) is 0 Å². The fourth-order valence-corrected chi connectivity index (χ4v) is 2.85. The average molecular weight is 335 g/mol. The summed E-state index contributed by atoms with van der Waals surface area (Å²) in [5.74, 6) is 0. The summed E-state index contributed by atoms with van der Waals surface area (Å²) in [5, 5.41) is 19.8. The average Bonchev–Trinajstić information content (AvgIpc) is 2.47. The molecule has 3 heteroatoms. The van der Waals surface area contributed by atoms with Crippen molar-refractivity contribution in [3.63, 3.8) is 0 Å². The standard InChI is InChI=1S/C17H19BrO2/c1-13-5-4-7-15(9-13)17(11-19,12-20)10-14-6-2-3-8-16(14)18/h2-9,19-20H,10-12H2,1H3. The number of aliphatic hydroxyl groups excluding tert-OH is 2. The Morgan fingerprint density at radius 3 is 2.30 bits per heavy atom. The van der Waals surface area contributed by atoms with Crippen molar-refractivity contribution < 1.29 is 10.2 Å². The highest BCUT2D eigenvalue weighted by atomic mass is 79.9. The van der Waals surface area contributed by atoms with Crippen LogP contribution in [0.2, 0.25) is 0 Å². The van der Waals surface area contributed by atoms with Gasteiger partial charge < -0.3 is 10.2 Å². The van der Waals surface area contributed by atoms with E-state index in [0.717, 1.165) is 21.2 Å². The predicted octanol–water partition coefficient (Wildman–Crippen LogP) is 3.22. The Hall–Kier alpha value is -1.16. The number of benzene rings is 2. The third-order valence-corrected chi connectivity index (χ3v) is 4.50. The van der Waals surface area contributed by atoms with E-state index in [1.807, 2.05) is 55.5 Å². The van der Waals surface area contributed by atoms with Crippen LogP contribution < -0.4 is 0 Å². The first-order chi connectivity index (χ1) is 9.61. The smallest absolute Gasteiger partial charge is 0.0553 e. The van der Waals surface area contributed by atoms with Crippen molar-refractivity contribution in [3.8, 4) is 0 Å². The molecular formula is C17H19BrO2. The van der Waals surface area contributed by atoms with Crippen molar-refractivity contribution in [2.45, 2.75) is 18.8 Å². The summed E-state index contributed by atoms with van der Waals surface area (Å²) in [7, 11) is 0. The van der Waals surface area contributed by atoms with Crippen molar-refractivity contribution in [2.24, 2.45) is 0 Å². The Labute approximate surface area is 128 Å². The zero-order valence-electron chi connectivity index (χ0n) is 11.5. The van der Waals surface area contributed by atoms with E-state index in [9.17, 15) is 10.2 Å². The maximum atomic E-state index is 9.90. The lowest BCUT2D eigenvalue weighted by Gasteiger charge is -2.31. The summed E-state index contributed by atoms with van der Waals surface area (Å²) in [6, 6.07) is 15.9. The first-order valence-corrected chi connectivity index (χ1v) is 7.43. The van der Waals surface area contributed by atoms with Crippen molar-refractivity contribution >= 4 is 15.9 Å². The summed E-state index contributed by atoms with van der Waals surface area (Å²) in [6.07, 6.45) is 0.588. The van der Waals surface area contributed by atoms with Gasteiger partial charge in [-0.1, -0.05) is 64.0 Å². The maximum absolute atomic E-state index is 9.90. The molecule has 2 aromatic rings. The summed E-state index contributed by atoms with van der Waals surface area (Å²) in [4.78, 5) is 0. The van der Waals surface area contributed by atoms with Gasteiger partial charge in [0.25, 0.3) is 0 Å². The summed E-state index contributed by atoms with van der Waals surface area (Å²) in [5.41, 5.74) is 2.52. The van der Waals surface area contributed by atoms with Gasteiger partial charge >= 0.3 is 0 Å². The molecule has 0 aliphatic carbocycles. The third kappa shape index (κ3) is 3.11. The van der Waals surface area contributed by atoms with Gasteiger partial charge in [-0.2, -0.15) is 0 Å². The van der Waals surface area contributed by atoms with Gasteiger partial charge in [-0.25, -0.2) is 0 Å². The monoisotopic (exact) mass is 334 g/mol. The van der Waals surface area contributed by atoms with Gasteiger partial charge in [0.15, 0.2) is 0 Å². The van der Waals surface area contributed by atoms with Crippen molar-refractivity contribution in [3.05, 3.63) is 69.7 Å². The molecule has 0 amide bonds. The molecule has 106 valence electrons. The summed E-state index contributed by atoms with van der Waals surface area (Å²) < 4.78 is 0.999. The Morgan fingerprint density at radius 2 is 1.70 bits per heavy atom. The Kier molecular flexibility index (Phi) is 4.97. The fourth-order valence-electron chi connectivity index (χ4n) is 2.43. The van der Waals surface area contributed by atoms with Gasteiger partial charge in [0.1, 0.15) is 0 Å². The van der Waals surface area contributed by atoms with E-state index < -0.39 is 5.41 Å². The molecule has 0 aliphatic heterocycles. The Morgan fingerprint density at radius 1 is 1.00 bits per heavy atom. The topological polar surface area (TPSA) is 40.5 Å².